The smallest absolute Gasteiger partial charge is 0.304 e. The Labute approximate surface area is 237 Å². The third-order valence-electron chi connectivity index (χ3n) is 7.17. The zero-order valence-corrected chi connectivity index (χ0v) is 24.1. The van der Waals surface area contributed by atoms with Gasteiger partial charge in [0.15, 0.2) is 0 Å². The van der Waals surface area contributed by atoms with Crippen LogP contribution in [0.1, 0.15) is 69.7 Å². The first-order chi connectivity index (χ1) is 19.0. The number of nitrogens with one attached hydrogen (secondary N) is 2. The number of benzene rings is 2. The number of nitrogens with zero attached hydrogens (tertiary/aromatic N) is 1. The van der Waals surface area contributed by atoms with E-state index < -0.39 is 29.3 Å². The zero-order valence-electron chi connectivity index (χ0n) is 24.1. The minimum absolute atomic E-state index is 0.274. The number of aryl methyl sites for hydroxylation is 2. The molecule has 40 heavy (non-hydrogen) atoms. The molecule has 0 bridgehead atoms. The monoisotopic (exact) mass is 543 g/mol. The number of hydrogen-bond acceptors (Lipinski definition) is 4. The van der Waals surface area contributed by atoms with Crippen molar-refractivity contribution >= 4 is 17.8 Å². The number of aromatic nitrogens is 1. The van der Waals surface area contributed by atoms with E-state index in [4.69, 9.17) is 0 Å². The van der Waals surface area contributed by atoms with Crippen molar-refractivity contribution in [3.05, 3.63) is 89.7 Å². The Morgan fingerprint density at radius 2 is 1.60 bits per heavy atom. The molecule has 3 atom stereocenters. The van der Waals surface area contributed by atoms with Crippen LogP contribution in [-0.2, 0) is 20.8 Å². The maximum absolute atomic E-state index is 13.3. The SMILES string of the molecule is Cc1cc(CCCC(CC(=O)O)C(=O)NC(C(=O)NC(C)c2ccncc2)C(C)(C)C)ccc1-c1ccccc1. The summed E-state index contributed by atoms with van der Waals surface area (Å²) in [7, 11) is 0. The van der Waals surface area contributed by atoms with Crippen LogP contribution in [0.15, 0.2) is 73.1 Å². The van der Waals surface area contributed by atoms with Crippen LogP contribution >= 0.6 is 0 Å². The summed E-state index contributed by atoms with van der Waals surface area (Å²) in [5.41, 5.74) is 4.98. The Bertz CT molecular complexity index is 1290. The molecule has 7 nitrogen and oxygen atoms in total. The Morgan fingerprint density at radius 1 is 0.925 bits per heavy atom. The molecule has 1 heterocycles. The summed E-state index contributed by atoms with van der Waals surface area (Å²) in [4.78, 5) is 42.2. The highest BCUT2D eigenvalue weighted by Crippen LogP contribution is 2.26. The molecule has 3 rings (SSSR count). The Kier molecular flexibility index (Phi) is 10.6. The van der Waals surface area contributed by atoms with Crippen molar-refractivity contribution in [2.24, 2.45) is 11.3 Å². The van der Waals surface area contributed by atoms with Crippen LogP contribution < -0.4 is 10.6 Å². The summed E-state index contributed by atoms with van der Waals surface area (Å²) in [6.07, 6.45) is 4.83. The van der Waals surface area contributed by atoms with Gasteiger partial charge in [-0.25, -0.2) is 0 Å². The predicted molar refractivity (Wildman–Crippen MR) is 157 cm³/mol. The van der Waals surface area contributed by atoms with E-state index in [1.807, 2.05) is 58.0 Å². The van der Waals surface area contributed by atoms with E-state index in [1.54, 1.807) is 12.4 Å². The molecule has 7 heteroatoms. The second kappa shape index (κ2) is 13.9. The van der Waals surface area contributed by atoms with Crippen molar-refractivity contribution in [2.45, 2.75) is 72.4 Å². The molecule has 0 saturated heterocycles. The number of carbonyl (C=O) groups excluding carboxylic acids is 2. The molecule has 2 aromatic carbocycles. The van der Waals surface area contributed by atoms with E-state index in [0.29, 0.717) is 12.8 Å². The number of aliphatic carboxylic acids is 1. The lowest BCUT2D eigenvalue weighted by molar-refractivity contribution is -0.142. The lowest BCUT2D eigenvalue weighted by atomic mass is 9.85. The molecule has 2 amide bonds. The molecule has 0 aliphatic carbocycles. The van der Waals surface area contributed by atoms with E-state index in [-0.39, 0.29) is 18.4 Å². The molecule has 1 aromatic heterocycles. The van der Waals surface area contributed by atoms with Crippen molar-refractivity contribution < 1.29 is 19.5 Å². The predicted octanol–water partition coefficient (Wildman–Crippen LogP) is 5.88. The van der Waals surface area contributed by atoms with Crippen molar-refractivity contribution in [3.63, 3.8) is 0 Å². The van der Waals surface area contributed by atoms with E-state index in [1.165, 1.54) is 11.1 Å². The van der Waals surface area contributed by atoms with Gasteiger partial charge in [-0.15, -0.1) is 0 Å². The van der Waals surface area contributed by atoms with Crippen LogP contribution in [-0.4, -0.2) is 33.9 Å². The maximum Gasteiger partial charge on any atom is 0.304 e. The highest BCUT2D eigenvalue weighted by molar-refractivity contribution is 5.90. The van der Waals surface area contributed by atoms with E-state index in [2.05, 4.69) is 52.9 Å². The van der Waals surface area contributed by atoms with Gasteiger partial charge in [0.1, 0.15) is 6.04 Å². The van der Waals surface area contributed by atoms with Gasteiger partial charge in [-0.05, 0) is 78.5 Å². The third kappa shape index (κ3) is 8.76. The first kappa shape index (κ1) is 30.5. The third-order valence-corrected chi connectivity index (χ3v) is 7.17. The van der Waals surface area contributed by atoms with Gasteiger partial charge < -0.3 is 15.7 Å². The molecule has 0 aliphatic heterocycles. The van der Waals surface area contributed by atoms with Crippen LogP contribution in [0.5, 0.6) is 0 Å². The Morgan fingerprint density at radius 3 is 2.20 bits per heavy atom. The van der Waals surface area contributed by atoms with Gasteiger partial charge in [-0.3, -0.25) is 19.4 Å². The Hall–Kier alpha value is -4.00. The number of hydrogen-bond donors (Lipinski definition) is 3. The summed E-state index contributed by atoms with van der Waals surface area (Å²) in [6.45, 7) is 9.59. The highest BCUT2D eigenvalue weighted by atomic mass is 16.4. The van der Waals surface area contributed by atoms with Crippen LogP contribution in [0.4, 0.5) is 0 Å². The molecule has 0 spiro atoms. The summed E-state index contributed by atoms with van der Waals surface area (Å²) >= 11 is 0. The molecule has 0 aliphatic rings. The van der Waals surface area contributed by atoms with Gasteiger partial charge in [0.05, 0.1) is 12.5 Å². The highest BCUT2D eigenvalue weighted by Gasteiger charge is 2.35. The average Bonchev–Trinajstić information content (AvgIpc) is 2.91. The van der Waals surface area contributed by atoms with E-state index >= 15 is 0 Å². The molecular weight excluding hydrogens is 502 g/mol. The van der Waals surface area contributed by atoms with Crippen LogP contribution in [0, 0.1) is 18.3 Å². The number of rotatable bonds is 12. The minimum Gasteiger partial charge on any atom is -0.481 e. The quantitative estimate of drug-likeness (QED) is 0.264. The Balaban J connectivity index is 1.65. The number of carboxylic acid groups (broad SMARTS) is 1. The summed E-state index contributed by atoms with van der Waals surface area (Å²) < 4.78 is 0. The number of carboxylic acids is 1. The summed E-state index contributed by atoms with van der Waals surface area (Å²) in [5, 5.41) is 15.4. The number of pyridine rings is 1. The number of amides is 2. The first-order valence-corrected chi connectivity index (χ1v) is 13.8. The lowest BCUT2D eigenvalue weighted by Gasteiger charge is -2.32. The van der Waals surface area contributed by atoms with Crippen molar-refractivity contribution in [3.8, 4) is 11.1 Å². The fraction of sp³-hybridized carbons (Fsp3) is 0.394. The molecule has 0 saturated carbocycles. The molecule has 0 radical (unpaired) electrons. The average molecular weight is 544 g/mol. The largest absolute Gasteiger partial charge is 0.481 e. The first-order valence-electron chi connectivity index (χ1n) is 13.8. The van der Waals surface area contributed by atoms with Gasteiger partial charge >= 0.3 is 5.97 Å². The minimum atomic E-state index is -1.04. The number of carbonyl (C=O) groups is 3. The standard InChI is InChI=1S/C33H41N3O4/c1-22-20-24(14-15-28(22)26-11-7-6-8-12-26)10-9-13-27(21-29(37)38)31(39)36-30(33(3,4)5)32(40)35-23(2)25-16-18-34-19-17-25/h6-8,11-12,14-20,23,27,30H,9-10,13,21H2,1-5H3,(H,35,40)(H,36,39)(H,37,38). The van der Waals surface area contributed by atoms with Gasteiger partial charge in [-0.1, -0.05) is 69.3 Å². The molecule has 0 fully saturated rings. The normalized spacial score (nSPS) is 13.6. The van der Waals surface area contributed by atoms with Crippen LogP contribution in [0.2, 0.25) is 0 Å². The molecule has 3 N–H and O–H groups in total. The topological polar surface area (TPSA) is 108 Å². The van der Waals surface area contributed by atoms with Crippen LogP contribution in [0.3, 0.4) is 0 Å². The molecule has 3 aromatic rings. The van der Waals surface area contributed by atoms with Crippen molar-refractivity contribution in [1.82, 2.24) is 15.6 Å². The maximum atomic E-state index is 13.3. The molecule has 212 valence electrons. The van der Waals surface area contributed by atoms with Crippen molar-refractivity contribution in [1.29, 1.82) is 0 Å². The van der Waals surface area contributed by atoms with Crippen LogP contribution in [0.25, 0.3) is 11.1 Å². The fourth-order valence-corrected chi connectivity index (χ4v) is 4.88. The zero-order chi connectivity index (χ0) is 29.3. The van der Waals surface area contributed by atoms with E-state index in [0.717, 1.165) is 23.1 Å². The summed E-state index contributed by atoms with van der Waals surface area (Å²) in [5.74, 6) is -2.50. The summed E-state index contributed by atoms with van der Waals surface area (Å²) in [6, 6.07) is 19.1. The molecular formula is C33H41N3O4. The fourth-order valence-electron chi connectivity index (χ4n) is 4.88. The van der Waals surface area contributed by atoms with Gasteiger partial charge in [0, 0.05) is 18.3 Å². The van der Waals surface area contributed by atoms with Gasteiger partial charge in [0.25, 0.3) is 0 Å². The van der Waals surface area contributed by atoms with Crippen molar-refractivity contribution in [2.75, 3.05) is 0 Å². The van der Waals surface area contributed by atoms with Gasteiger partial charge in [0.2, 0.25) is 11.8 Å². The second-order valence-corrected chi connectivity index (χ2v) is 11.5. The second-order valence-electron chi connectivity index (χ2n) is 11.5. The van der Waals surface area contributed by atoms with E-state index in [9.17, 15) is 19.5 Å². The van der Waals surface area contributed by atoms with Gasteiger partial charge in [-0.2, -0.15) is 0 Å². The lowest BCUT2D eigenvalue weighted by Crippen LogP contribution is -2.55. The molecule has 3 unspecified atom stereocenters.